The van der Waals surface area contributed by atoms with Crippen molar-refractivity contribution in [3.05, 3.63) is 0 Å². The Balaban J connectivity index is 2.35. The monoisotopic (exact) mass is 246 g/mol. The maximum Gasteiger partial charge on any atom is 0.0383 e. The molecule has 1 heterocycles. The van der Waals surface area contributed by atoms with E-state index >= 15 is 0 Å². The van der Waals surface area contributed by atoms with Crippen molar-refractivity contribution < 1.29 is 4.21 Å². The summed E-state index contributed by atoms with van der Waals surface area (Å²) in [5.74, 6) is 1.46. The van der Waals surface area contributed by atoms with E-state index in [4.69, 9.17) is 0 Å². The van der Waals surface area contributed by atoms with Gasteiger partial charge in [-0.25, -0.2) is 0 Å². The van der Waals surface area contributed by atoms with Crippen molar-refractivity contribution >= 4 is 10.8 Å². The highest BCUT2D eigenvalue weighted by Gasteiger charge is 2.26. The first-order chi connectivity index (χ1) is 7.52. The molecule has 0 aromatic carbocycles. The summed E-state index contributed by atoms with van der Waals surface area (Å²) in [5.41, 5.74) is 0. The minimum Gasteiger partial charge on any atom is -0.310 e. The first-order valence-corrected chi connectivity index (χ1v) is 8.04. The number of hydrogen-bond acceptors (Lipinski definition) is 3. The van der Waals surface area contributed by atoms with Crippen molar-refractivity contribution in [1.29, 1.82) is 0 Å². The molecule has 4 atom stereocenters. The third-order valence-electron chi connectivity index (χ3n) is 3.42. The molecular formula is C12H26N2OS. The van der Waals surface area contributed by atoms with Crippen molar-refractivity contribution in [3.8, 4) is 0 Å². The maximum absolute atomic E-state index is 11.1. The predicted molar refractivity (Wildman–Crippen MR) is 71.2 cm³/mol. The zero-order chi connectivity index (χ0) is 12.1. The molecule has 0 aromatic heterocycles. The number of hydrogen-bond donors (Lipinski definition) is 1. The average molecular weight is 246 g/mol. The van der Waals surface area contributed by atoms with Crippen molar-refractivity contribution in [2.24, 2.45) is 5.92 Å². The fourth-order valence-electron chi connectivity index (χ4n) is 2.53. The van der Waals surface area contributed by atoms with E-state index in [9.17, 15) is 4.21 Å². The second kappa shape index (κ2) is 6.72. The standard InChI is InChI=1S/C12H26N2OS/c1-5-14-7-6-12(10(2)8-14)13-11(3)9-16(4)15/h10-13H,5-9H2,1-4H3. The van der Waals surface area contributed by atoms with Crippen LogP contribution in [-0.4, -0.2) is 52.8 Å². The highest BCUT2D eigenvalue weighted by atomic mass is 32.2. The summed E-state index contributed by atoms with van der Waals surface area (Å²) in [6, 6.07) is 0.966. The van der Waals surface area contributed by atoms with Crippen molar-refractivity contribution in [3.63, 3.8) is 0 Å². The number of nitrogens with one attached hydrogen (secondary N) is 1. The molecule has 0 aromatic rings. The summed E-state index contributed by atoms with van der Waals surface area (Å²) in [5, 5.41) is 3.62. The van der Waals surface area contributed by atoms with Crippen LogP contribution >= 0.6 is 0 Å². The molecule has 1 fully saturated rings. The molecule has 1 aliphatic heterocycles. The van der Waals surface area contributed by atoms with Crippen LogP contribution in [0.2, 0.25) is 0 Å². The first-order valence-electron chi connectivity index (χ1n) is 6.31. The Morgan fingerprint density at radius 1 is 1.56 bits per heavy atom. The predicted octanol–water partition coefficient (Wildman–Crippen LogP) is 1.07. The molecule has 1 N–H and O–H groups in total. The van der Waals surface area contributed by atoms with Crippen molar-refractivity contribution in [2.45, 2.75) is 39.3 Å². The molecule has 0 saturated carbocycles. The molecular weight excluding hydrogens is 220 g/mol. The molecule has 96 valence electrons. The van der Waals surface area contributed by atoms with Gasteiger partial charge in [-0.1, -0.05) is 13.8 Å². The van der Waals surface area contributed by atoms with Crippen LogP contribution in [0, 0.1) is 5.92 Å². The van der Waals surface area contributed by atoms with Crippen LogP contribution in [0.3, 0.4) is 0 Å². The van der Waals surface area contributed by atoms with Crippen LogP contribution in [-0.2, 0) is 10.8 Å². The smallest absolute Gasteiger partial charge is 0.0383 e. The molecule has 0 spiro atoms. The molecule has 16 heavy (non-hydrogen) atoms. The van der Waals surface area contributed by atoms with Gasteiger partial charge in [0.2, 0.25) is 0 Å². The van der Waals surface area contributed by atoms with Crippen LogP contribution in [0.1, 0.15) is 27.2 Å². The quantitative estimate of drug-likeness (QED) is 0.788. The number of likely N-dealkylation sites (tertiary alicyclic amines) is 1. The Hall–Kier alpha value is 0.0700. The largest absolute Gasteiger partial charge is 0.310 e. The van der Waals surface area contributed by atoms with Gasteiger partial charge in [0, 0.05) is 41.4 Å². The zero-order valence-electron chi connectivity index (χ0n) is 11.0. The lowest BCUT2D eigenvalue weighted by Crippen LogP contribution is -2.51. The van der Waals surface area contributed by atoms with Gasteiger partial charge in [-0.15, -0.1) is 0 Å². The minimum absolute atomic E-state index is 0.367. The lowest BCUT2D eigenvalue weighted by molar-refractivity contribution is 0.149. The topological polar surface area (TPSA) is 32.3 Å². The van der Waals surface area contributed by atoms with E-state index < -0.39 is 10.8 Å². The van der Waals surface area contributed by atoms with Crippen LogP contribution in [0.25, 0.3) is 0 Å². The van der Waals surface area contributed by atoms with Gasteiger partial charge in [-0.05, 0) is 32.4 Å². The lowest BCUT2D eigenvalue weighted by atomic mass is 9.93. The summed E-state index contributed by atoms with van der Waals surface area (Å²) >= 11 is 0. The lowest BCUT2D eigenvalue weighted by Gasteiger charge is -2.38. The van der Waals surface area contributed by atoms with E-state index in [1.807, 2.05) is 0 Å². The molecule has 4 unspecified atom stereocenters. The van der Waals surface area contributed by atoms with Gasteiger partial charge in [0.1, 0.15) is 0 Å². The van der Waals surface area contributed by atoms with Gasteiger partial charge in [0.15, 0.2) is 0 Å². The second-order valence-electron chi connectivity index (χ2n) is 5.07. The third-order valence-corrected chi connectivity index (χ3v) is 4.39. The van der Waals surface area contributed by atoms with E-state index in [0.717, 1.165) is 12.3 Å². The first kappa shape index (κ1) is 14.1. The van der Waals surface area contributed by atoms with Crippen LogP contribution in [0.5, 0.6) is 0 Å². The van der Waals surface area contributed by atoms with Gasteiger partial charge < -0.3 is 10.2 Å². The van der Waals surface area contributed by atoms with Gasteiger partial charge >= 0.3 is 0 Å². The van der Waals surface area contributed by atoms with Crippen LogP contribution in [0.4, 0.5) is 0 Å². The fourth-order valence-corrected chi connectivity index (χ4v) is 3.33. The van der Waals surface area contributed by atoms with E-state index in [2.05, 4.69) is 31.0 Å². The summed E-state index contributed by atoms with van der Waals surface area (Å²) in [4.78, 5) is 2.51. The highest BCUT2D eigenvalue weighted by Crippen LogP contribution is 2.16. The molecule has 0 aliphatic carbocycles. The molecule has 1 saturated heterocycles. The molecule has 1 aliphatic rings. The number of nitrogens with zero attached hydrogens (tertiary/aromatic N) is 1. The molecule has 0 amide bonds. The minimum atomic E-state index is -0.693. The molecule has 0 radical (unpaired) electrons. The van der Waals surface area contributed by atoms with E-state index in [0.29, 0.717) is 18.0 Å². The summed E-state index contributed by atoms with van der Waals surface area (Å²) in [6.07, 6.45) is 3.00. The highest BCUT2D eigenvalue weighted by molar-refractivity contribution is 7.84. The van der Waals surface area contributed by atoms with Crippen LogP contribution < -0.4 is 5.32 Å². The Morgan fingerprint density at radius 3 is 2.75 bits per heavy atom. The van der Waals surface area contributed by atoms with Gasteiger partial charge in [-0.3, -0.25) is 4.21 Å². The summed E-state index contributed by atoms with van der Waals surface area (Å²) in [7, 11) is -0.693. The zero-order valence-corrected chi connectivity index (χ0v) is 11.8. The maximum atomic E-state index is 11.1. The second-order valence-corrected chi connectivity index (χ2v) is 6.55. The summed E-state index contributed by atoms with van der Waals surface area (Å²) in [6.45, 7) is 10.2. The molecule has 4 heteroatoms. The van der Waals surface area contributed by atoms with E-state index in [1.54, 1.807) is 6.26 Å². The average Bonchev–Trinajstić information content (AvgIpc) is 2.19. The Bertz CT molecular complexity index is 235. The Morgan fingerprint density at radius 2 is 2.25 bits per heavy atom. The molecule has 3 nitrogen and oxygen atoms in total. The normalized spacial score (nSPS) is 31.2. The van der Waals surface area contributed by atoms with Crippen molar-refractivity contribution in [1.82, 2.24) is 10.2 Å². The SMILES string of the molecule is CCN1CCC(NC(C)CS(C)=O)C(C)C1. The molecule has 1 rings (SSSR count). The fraction of sp³-hybridized carbons (Fsp3) is 1.00. The third kappa shape index (κ3) is 4.52. The Labute approximate surface area is 102 Å². The van der Waals surface area contributed by atoms with E-state index in [1.165, 1.54) is 19.5 Å². The van der Waals surface area contributed by atoms with E-state index in [-0.39, 0.29) is 0 Å². The number of rotatable bonds is 5. The Kier molecular flexibility index (Phi) is 5.94. The summed E-state index contributed by atoms with van der Waals surface area (Å²) < 4.78 is 11.1. The van der Waals surface area contributed by atoms with Gasteiger partial charge in [0.25, 0.3) is 0 Å². The van der Waals surface area contributed by atoms with Crippen LogP contribution in [0.15, 0.2) is 0 Å². The van der Waals surface area contributed by atoms with Crippen molar-refractivity contribution in [2.75, 3.05) is 31.6 Å². The van der Waals surface area contributed by atoms with Gasteiger partial charge in [-0.2, -0.15) is 0 Å². The molecule has 0 bridgehead atoms. The number of piperidine rings is 1. The van der Waals surface area contributed by atoms with Gasteiger partial charge in [0.05, 0.1) is 0 Å².